The van der Waals surface area contributed by atoms with E-state index in [1.807, 2.05) is 0 Å². The summed E-state index contributed by atoms with van der Waals surface area (Å²) in [5, 5.41) is 0.432. The summed E-state index contributed by atoms with van der Waals surface area (Å²) in [5.41, 5.74) is 0.326. The standard InChI is InChI=1S/C12H7BrClFOS/c13-12-4-3-11(17-12)10(16)6-7-5-8(14)1-2-9(7)15/h1-5H,6H2. The molecule has 2 rings (SSSR count). The van der Waals surface area contributed by atoms with Crippen molar-refractivity contribution in [3.63, 3.8) is 0 Å². The Morgan fingerprint density at radius 2 is 2.12 bits per heavy atom. The fourth-order valence-corrected chi connectivity index (χ4v) is 2.92. The molecule has 1 nitrogen and oxygen atoms in total. The number of benzene rings is 1. The van der Waals surface area contributed by atoms with E-state index < -0.39 is 5.82 Å². The van der Waals surface area contributed by atoms with Gasteiger partial charge in [-0.25, -0.2) is 4.39 Å². The van der Waals surface area contributed by atoms with E-state index in [9.17, 15) is 9.18 Å². The zero-order valence-corrected chi connectivity index (χ0v) is 11.7. The Balaban J connectivity index is 2.21. The number of carbonyl (C=O) groups excluding carboxylic acids is 1. The minimum absolute atomic E-state index is 0.0271. The zero-order chi connectivity index (χ0) is 12.4. The molecule has 0 unspecified atom stereocenters. The van der Waals surface area contributed by atoms with Crippen LogP contribution in [0.2, 0.25) is 5.02 Å². The summed E-state index contributed by atoms with van der Waals surface area (Å²) in [4.78, 5) is 12.5. The number of hydrogen-bond donors (Lipinski definition) is 0. The molecule has 0 atom stereocenters. The summed E-state index contributed by atoms with van der Waals surface area (Å²) < 4.78 is 14.3. The van der Waals surface area contributed by atoms with Gasteiger partial charge in [0.2, 0.25) is 0 Å². The lowest BCUT2D eigenvalue weighted by Gasteiger charge is -2.02. The monoisotopic (exact) mass is 332 g/mol. The molecule has 0 aliphatic heterocycles. The lowest BCUT2D eigenvalue weighted by Crippen LogP contribution is -2.03. The zero-order valence-electron chi connectivity index (χ0n) is 8.54. The minimum Gasteiger partial charge on any atom is -0.293 e. The maximum Gasteiger partial charge on any atom is 0.177 e. The van der Waals surface area contributed by atoms with Crippen LogP contribution in [-0.2, 0) is 6.42 Å². The molecule has 2 aromatic rings. The molecule has 1 aromatic heterocycles. The number of Topliss-reactive ketones (excluding diaryl/α,β-unsaturated/α-hetero) is 1. The van der Waals surface area contributed by atoms with Gasteiger partial charge in [-0.1, -0.05) is 11.6 Å². The molecule has 5 heteroatoms. The van der Waals surface area contributed by atoms with E-state index in [-0.39, 0.29) is 12.2 Å². The molecule has 0 saturated heterocycles. The second-order valence-electron chi connectivity index (χ2n) is 3.44. The van der Waals surface area contributed by atoms with Crippen molar-refractivity contribution in [1.82, 2.24) is 0 Å². The van der Waals surface area contributed by atoms with Crippen LogP contribution in [0.25, 0.3) is 0 Å². The highest BCUT2D eigenvalue weighted by molar-refractivity contribution is 9.11. The lowest BCUT2D eigenvalue weighted by atomic mass is 10.1. The Labute approximate surface area is 115 Å². The van der Waals surface area contributed by atoms with E-state index in [1.54, 1.807) is 12.1 Å². The largest absolute Gasteiger partial charge is 0.293 e. The molecule has 0 radical (unpaired) electrons. The van der Waals surface area contributed by atoms with Crippen molar-refractivity contribution in [2.75, 3.05) is 0 Å². The Kier molecular flexibility index (Phi) is 3.97. The van der Waals surface area contributed by atoms with Crippen LogP contribution in [0, 0.1) is 5.82 Å². The van der Waals surface area contributed by atoms with Crippen molar-refractivity contribution in [1.29, 1.82) is 0 Å². The number of rotatable bonds is 3. The van der Waals surface area contributed by atoms with Crippen molar-refractivity contribution < 1.29 is 9.18 Å². The van der Waals surface area contributed by atoms with Gasteiger partial charge < -0.3 is 0 Å². The van der Waals surface area contributed by atoms with Gasteiger partial charge >= 0.3 is 0 Å². The van der Waals surface area contributed by atoms with Crippen LogP contribution < -0.4 is 0 Å². The van der Waals surface area contributed by atoms with Crippen LogP contribution in [0.1, 0.15) is 15.2 Å². The van der Waals surface area contributed by atoms with E-state index >= 15 is 0 Å². The third kappa shape index (κ3) is 3.15. The fourth-order valence-electron chi connectivity index (χ4n) is 1.40. The van der Waals surface area contributed by atoms with Gasteiger partial charge in [0.05, 0.1) is 8.66 Å². The molecular formula is C12H7BrClFOS. The SMILES string of the molecule is O=C(Cc1cc(Cl)ccc1F)c1ccc(Br)s1. The van der Waals surface area contributed by atoms with Crippen LogP contribution in [0.5, 0.6) is 0 Å². The van der Waals surface area contributed by atoms with Crippen LogP contribution in [-0.4, -0.2) is 5.78 Å². The highest BCUT2D eigenvalue weighted by Gasteiger charge is 2.12. The average Bonchev–Trinajstić information content (AvgIpc) is 2.70. The topological polar surface area (TPSA) is 17.1 Å². The smallest absolute Gasteiger partial charge is 0.177 e. The van der Waals surface area contributed by atoms with Crippen molar-refractivity contribution >= 4 is 44.7 Å². The van der Waals surface area contributed by atoms with Crippen LogP contribution in [0.3, 0.4) is 0 Å². The summed E-state index contributed by atoms with van der Waals surface area (Å²) in [6.07, 6.45) is 0.0271. The molecule has 0 saturated carbocycles. The van der Waals surface area contributed by atoms with E-state index in [0.717, 1.165) is 3.79 Å². The Morgan fingerprint density at radius 1 is 1.35 bits per heavy atom. The Morgan fingerprint density at radius 3 is 2.76 bits per heavy atom. The van der Waals surface area contributed by atoms with Crippen LogP contribution in [0.15, 0.2) is 34.1 Å². The predicted octanol–water partition coefficient (Wildman–Crippen LogP) is 4.73. The third-order valence-corrected chi connectivity index (χ3v) is 4.11. The predicted molar refractivity (Wildman–Crippen MR) is 71.5 cm³/mol. The molecule has 0 aliphatic carbocycles. The number of carbonyl (C=O) groups is 1. The van der Waals surface area contributed by atoms with Crippen LogP contribution >= 0.6 is 38.9 Å². The molecule has 0 amide bonds. The van der Waals surface area contributed by atoms with Gasteiger partial charge in [0.1, 0.15) is 5.82 Å². The first-order valence-corrected chi connectivity index (χ1v) is 6.77. The molecule has 0 N–H and O–H groups in total. The first kappa shape index (κ1) is 12.7. The molecule has 88 valence electrons. The van der Waals surface area contributed by atoms with Crippen LogP contribution in [0.4, 0.5) is 4.39 Å². The molecule has 0 bridgehead atoms. The normalized spacial score (nSPS) is 10.5. The number of thiophene rings is 1. The van der Waals surface area contributed by atoms with E-state index in [1.165, 1.54) is 29.5 Å². The first-order valence-electron chi connectivity index (χ1n) is 4.79. The summed E-state index contributed by atoms with van der Waals surface area (Å²) >= 11 is 10.4. The number of ketones is 1. The summed E-state index contributed by atoms with van der Waals surface area (Å²) in [7, 11) is 0. The second-order valence-corrected chi connectivity index (χ2v) is 6.34. The molecule has 17 heavy (non-hydrogen) atoms. The van der Waals surface area contributed by atoms with Gasteiger partial charge in [0.25, 0.3) is 0 Å². The highest BCUT2D eigenvalue weighted by Crippen LogP contribution is 2.24. The summed E-state index contributed by atoms with van der Waals surface area (Å²) in [5.74, 6) is -0.514. The number of halogens is 3. The van der Waals surface area contributed by atoms with Gasteiger partial charge in [-0.2, -0.15) is 0 Å². The van der Waals surface area contributed by atoms with E-state index in [0.29, 0.717) is 15.5 Å². The van der Waals surface area contributed by atoms with E-state index in [2.05, 4.69) is 15.9 Å². The van der Waals surface area contributed by atoms with Gasteiger partial charge in [0.15, 0.2) is 5.78 Å². The maximum absolute atomic E-state index is 13.4. The van der Waals surface area contributed by atoms with E-state index in [4.69, 9.17) is 11.6 Å². The van der Waals surface area contributed by atoms with Gasteiger partial charge in [-0.05, 0) is 51.8 Å². The molecule has 0 aliphatic rings. The molecular weight excluding hydrogens is 327 g/mol. The average molecular weight is 334 g/mol. The molecule has 0 spiro atoms. The fraction of sp³-hybridized carbons (Fsp3) is 0.0833. The molecule has 0 fully saturated rings. The van der Waals surface area contributed by atoms with Crippen molar-refractivity contribution in [2.45, 2.75) is 6.42 Å². The highest BCUT2D eigenvalue weighted by atomic mass is 79.9. The van der Waals surface area contributed by atoms with Crippen molar-refractivity contribution in [2.24, 2.45) is 0 Å². The maximum atomic E-state index is 13.4. The van der Waals surface area contributed by atoms with Crippen molar-refractivity contribution in [3.8, 4) is 0 Å². The second kappa shape index (κ2) is 5.29. The van der Waals surface area contributed by atoms with Gasteiger partial charge in [-0.15, -0.1) is 11.3 Å². The van der Waals surface area contributed by atoms with Gasteiger partial charge in [-0.3, -0.25) is 4.79 Å². The quantitative estimate of drug-likeness (QED) is 0.742. The molecule has 1 heterocycles. The Hall–Kier alpha value is -0.710. The molecule has 1 aromatic carbocycles. The van der Waals surface area contributed by atoms with Gasteiger partial charge in [0, 0.05) is 11.4 Å². The lowest BCUT2D eigenvalue weighted by molar-refractivity contribution is 0.0995. The third-order valence-electron chi connectivity index (χ3n) is 2.21. The first-order chi connectivity index (χ1) is 8.06. The minimum atomic E-state index is -0.404. The summed E-state index contributed by atoms with van der Waals surface area (Å²) in [6.45, 7) is 0. The Bertz CT molecular complexity index is 567. The van der Waals surface area contributed by atoms with Crippen molar-refractivity contribution in [3.05, 3.63) is 55.4 Å². The number of hydrogen-bond acceptors (Lipinski definition) is 2. The summed E-state index contributed by atoms with van der Waals surface area (Å²) in [6, 6.07) is 7.74.